The molecule has 0 aliphatic rings. The zero-order valence-corrected chi connectivity index (χ0v) is 13.9. The Morgan fingerprint density at radius 3 is 2.48 bits per heavy atom. The Bertz CT molecular complexity index is 644. The number of aromatic nitrogens is 1. The average Bonchev–Trinajstić information content (AvgIpc) is 2.72. The molecule has 0 spiro atoms. The number of carbonyl (C=O) groups is 1. The maximum Gasteiger partial charge on any atom is 0.248 e. The predicted molar refractivity (Wildman–Crippen MR) is 89.2 cm³/mol. The SMILES string of the molecule is Cc1ccc(N[C@H](C)C(=O)Nc2nc(C)c(C)s2)cc1C. The third-order valence-electron chi connectivity index (χ3n) is 3.54. The van der Waals surface area contributed by atoms with Crippen LogP contribution in [0.3, 0.4) is 0 Å². The van der Waals surface area contributed by atoms with E-state index in [9.17, 15) is 4.79 Å². The van der Waals surface area contributed by atoms with E-state index >= 15 is 0 Å². The zero-order valence-electron chi connectivity index (χ0n) is 13.1. The van der Waals surface area contributed by atoms with E-state index in [2.05, 4.69) is 41.6 Å². The molecule has 0 unspecified atom stereocenters. The van der Waals surface area contributed by atoms with Crippen molar-refractivity contribution in [2.75, 3.05) is 10.6 Å². The molecule has 0 radical (unpaired) electrons. The number of nitrogens with one attached hydrogen (secondary N) is 2. The standard InChI is InChI=1S/C16H21N3OS/c1-9-6-7-14(8-10(9)2)17-12(4)15(20)19-16-18-11(3)13(5)21-16/h6-8,12,17H,1-5H3,(H,18,19,20)/t12-/m1/s1. The first-order chi connectivity index (χ1) is 9.86. The summed E-state index contributed by atoms with van der Waals surface area (Å²) in [7, 11) is 0. The van der Waals surface area contributed by atoms with Gasteiger partial charge in [0.25, 0.3) is 0 Å². The number of nitrogens with zero attached hydrogens (tertiary/aromatic N) is 1. The molecule has 1 atom stereocenters. The maximum atomic E-state index is 12.2. The van der Waals surface area contributed by atoms with Crippen molar-refractivity contribution < 1.29 is 4.79 Å². The molecular weight excluding hydrogens is 282 g/mol. The number of hydrogen-bond donors (Lipinski definition) is 2. The molecule has 2 rings (SSSR count). The van der Waals surface area contributed by atoms with Gasteiger partial charge < -0.3 is 10.6 Å². The van der Waals surface area contributed by atoms with Gasteiger partial charge in [-0.2, -0.15) is 0 Å². The monoisotopic (exact) mass is 303 g/mol. The molecular formula is C16H21N3OS. The highest BCUT2D eigenvalue weighted by atomic mass is 32.1. The summed E-state index contributed by atoms with van der Waals surface area (Å²) in [6, 6.07) is 5.77. The molecule has 0 saturated heterocycles. The van der Waals surface area contributed by atoms with E-state index in [1.807, 2.05) is 26.8 Å². The van der Waals surface area contributed by atoms with Crippen LogP contribution in [-0.2, 0) is 4.79 Å². The van der Waals surface area contributed by atoms with Crippen LogP contribution < -0.4 is 10.6 Å². The van der Waals surface area contributed by atoms with Crippen molar-refractivity contribution in [2.24, 2.45) is 0 Å². The summed E-state index contributed by atoms with van der Waals surface area (Å²) < 4.78 is 0. The largest absolute Gasteiger partial charge is 0.374 e. The van der Waals surface area contributed by atoms with Crippen LogP contribution in [-0.4, -0.2) is 16.9 Å². The molecule has 1 heterocycles. The summed E-state index contributed by atoms with van der Waals surface area (Å²) in [5.41, 5.74) is 4.36. The summed E-state index contributed by atoms with van der Waals surface area (Å²) in [5, 5.41) is 6.73. The van der Waals surface area contributed by atoms with Crippen LogP contribution in [0.25, 0.3) is 0 Å². The molecule has 0 saturated carbocycles. The number of amides is 1. The molecule has 0 bridgehead atoms. The normalized spacial score (nSPS) is 12.0. The molecule has 0 aliphatic heterocycles. The Kier molecular flexibility index (Phi) is 4.63. The van der Waals surface area contributed by atoms with E-state index in [0.29, 0.717) is 5.13 Å². The molecule has 1 aromatic heterocycles. The van der Waals surface area contributed by atoms with Crippen LogP contribution in [0, 0.1) is 27.7 Å². The second-order valence-corrected chi connectivity index (χ2v) is 6.52. The number of thiazole rings is 1. The third-order valence-corrected chi connectivity index (χ3v) is 4.53. The molecule has 1 aromatic carbocycles. The molecule has 0 aliphatic carbocycles. The Labute approximate surface area is 129 Å². The van der Waals surface area contributed by atoms with Crippen molar-refractivity contribution in [1.82, 2.24) is 4.98 Å². The van der Waals surface area contributed by atoms with Crippen LogP contribution in [0.1, 0.15) is 28.6 Å². The highest BCUT2D eigenvalue weighted by molar-refractivity contribution is 7.15. The number of benzene rings is 1. The number of hydrogen-bond acceptors (Lipinski definition) is 4. The minimum atomic E-state index is -0.323. The van der Waals surface area contributed by atoms with Gasteiger partial charge in [-0.15, -0.1) is 11.3 Å². The first-order valence-corrected chi connectivity index (χ1v) is 7.77. The molecule has 1 amide bonds. The summed E-state index contributed by atoms with van der Waals surface area (Å²) in [4.78, 5) is 17.6. The average molecular weight is 303 g/mol. The van der Waals surface area contributed by atoms with Gasteiger partial charge in [-0.3, -0.25) is 4.79 Å². The van der Waals surface area contributed by atoms with Gasteiger partial charge in [0.1, 0.15) is 6.04 Å². The van der Waals surface area contributed by atoms with Gasteiger partial charge >= 0.3 is 0 Å². The van der Waals surface area contributed by atoms with Gasteiger partial charge in [-0.1, -0.05) is 6.07 Å². The maximum absolute atomic E-state index is 12.2. The first kappa shape index (κ1) is 15.5. The van der Waals surface area contributed by atoms with Crippen molar-refractivity contribution in [3.63, 3.8) is 0 Å². The second-order valence-electron chi connectivity index (χ2n) is 5.31. The fraction of sp³-hybridized carbons (Fsp3) is 0.375. The van der Waals surface area contributed by atoms with Crippen molar-refractivity contribution in [1.29, 1.82) is 0 Å². The van der Waals surface area contributed by atoms with E-state index in [1.54, 1.807) is 0 Å². The van der Waals surface area contributed by atoms with Gasteiger partial charge in [0.15, 0.2) is 5.13 Å². The Balaban J connectivity index is 2.00. The van der Waals surface area contributed by atoms with Gasteiger partial charge in [-0.25, -0.2) is 4.98 Å². The van der Waals surface area contributed by atoms with Gasteiger partial charge in [-0.05, 0) is 57.9 Å². The topological polar surface area (TPSA) is 54.0 Å². The number of carbonyl (C=O) groups excluding carboxylic acids is 1. The first-order valence-electron chi connectivity index (χ1n) is 6.95. The zero-order chi connectivity index (χ0) is 15.6. The van der Waals surface area contributed by atoms with E-state index in [0.717, 1.165) is 16.3 Å². The molecule has 2 N–H and O–H groups in total. The molecule has 21 heavy (non-hydrogen) atoms. The van der Waals surface area contributed by atoms with E-state index < -0.39 is 0 Å². The third kappa shape index (κ3) is 3.82. The van der Waals surface area contributed by atoms with Crippen molar-refractivity contribution in [3.05, 3.63) is 39.9 Å². The van der Waals surface area contributed by atoms with Crippen LogP contribution >= 0.6 is 11.3 Å². The summed E-state index contributed by atoms with van der Waals surface area (Å²) >= 11 is 1.50. The smallest absolute Gasteiger partial charge is 0.248 e. The van der Waals surface area contributed by atoms with Gasteiger partial charge in [0.05, 0.1) is 5.69 Å². The number of aryl methyl sites for hydroxylation is 4. The Morgan fingerprint density at radius 1 is 1.19 bits per heavy atom. The Morgan fingerprint density at radius 2 is 1.90 bits per heavy atom. The lowest BCUT2D eigenvalue weighted by molar-refractivity contribution is -0.116. The van der Waals surface area contributed by atoms with Crippen molar-refractivity contribution in [3.8, 4) is 0 Å². The van der Waals surface area contributed by atoms with Crippen LogP contribution in [0.15, 0.2) is 18.2 Å². The predicted octanol–water partition coefficient (Wildman–Crippen LogP) is 3.82. The number of anilines is 2. The van der Waals surface area contributed by atoms with Gasteiger partial charge in [0.2, 0.25) is 5.91 Å². The van der Waals surface area contributed by atoms with Crippen molar-refractivity contribution in [2.45, 2.75) is 40.7 Å². The fourth-order valence-electron chi connectivity index (χ4n) is 1.89. The minimum Gasteiger partial charge on any atom is -0.374 e. The highest BCUT2D eigenvalue weighted by Crippen LogP contribution is 2.21. The summed E-state index contributed by atoms with van der Waals surface area (Å²) in [5.74, 6) is -0.0815. The fourth-order valence-corrected chi connectivity index (χ4v) is 2.70. The molecule has 2 aromatic rings. The van der Waals surface area contributed by atoms with Crippen molar-refractivity contribution >= 4 is 28.1 Å². The minimum absolute atomic E-state index is 0.0815. The van der Waals surface area contributed by atoms with E-state index in [-0.39, 0.29) is 11.9 Å². The lowest BCUT2D eigenvalue weighted by Gasteiger charge is -2.15. The quantitative estimate of drug-likeness (QED) is 0.903. The lowest BCUT2D eigenvalue weighted by Crippen LogP contribution is -2.31. The van der Waals surface area contributed by atoms with E-state index in [1.165, 1.54) is 22.5 Å². The van der Waals surface area contributed by atoms with Crippen LogP contribution in [0.5, 0.6) is 0 Å². The summed E-state index contributed by atoms with van der Waals surface area (Å²) in [6.07, 6.45) is 0. The number of rotatable bonds is 4. The molecule has 112 valence electrons. The molecule has 0 fully saturated rings. The van der Waals surface area contributed by atoms with Crippen LogP contribution in [0.4, 0.5) is 10.8 Å². The molecule has 5 heteroatoms. The van der Waals surface area contributed by atoms with Gasteiger partial charge in [0, 0.05) is 10.6 Å². The van der Waals surface area contributed by atoms with Crippen LogP contribution in [0.2, 0.25) is 0 Å². The Hall–Kier alpha value is -1.88. The lowest BCUT2D eigenvalue weighted by atomic mass is 10.1. The second kappa shape index (κ2) is 6.26. The molecule has 4 nitrogen and oxygen atoms in total. The van der Waals surface area contributed by atoms with E-state index in [4.69, 9.17) is 0 Å². The highest BCUT2D eigenvalue weighted by Gasteiger charge is 2.15. The summed E-state index contributed by atoms with van der Waals surface area (Å²) in [6.45, 7) is 9.92.